The molecule has 0 unspecified atom stereocenters. The third-order valence-electron chi connectivity index (χ3n) is 0.461. The molecule has 0 rings (SSSR count). The van der Waals surface area contributed by atoms with E-state index in [0.717, 1.165) is 0 Å². The summed E-state index contributed by atoms with van der Waals surface area (Å²) in [5, 5.41) is 0. The second kappa shape index (κ2) is 3.92. The van der Waals surface area contributed by atoms with E-state index in [1.54, 1.807) is 0 Å². The maximum absolute atomic E-state index is 10.1. The van der Waals surface area contributed by atoms with Gasteiger partial charge in [0, 0.05) is 21.1 Å². The predicted octanol–water partition coefficient (Wildman–Crippen LogP) is -3.07. The average Bonchev–Trinajstić information content (AvgIpc) is 1.62. The number of rotatable bonds is 1. The fourth-order valence-corrected chi connectivity index (χ4v) is 0.102. The molecule has 9 heavy (non-hydrogen) atoms. The van der Waals surface area contributed by atoms with Gasteiger partial charge in [-0.3, -0.25) is 17.2 Å². The Morgan fingerprint density at radius 3 is 1.67 bits per heavy atom. The van der Waals surface area contributed by atoms with Crippen molar-refractivity contribution in [3.63, 3.8) is 0 Å². The zero-order valence-corrected chi connectivity index (χ0v) is 6.71. The molecule has 58 valence electrons. The van der Waals surface area contributed by atoms with Crippen LogP contribution in [0.2, 0.25) is 0 Å². The van der Waals surface area contributed by atoms with E-state index in [4.69, 9.17) is 17.2 Å². The Morgan fingerprint density at radius 1 is 1.33 bits per heavy atom. The molecule has 0 aromatic heterocycles. The third-order valence-corrected chi connectivity index (χ3v) is 0.461. The van der Waals surface area contributed by atoms with Crippen LogP contribution in [0.4, 0.5) is 0 Å². The van der Waals surface area contributed by atoms with Crippen molar-refractivity contribution in [1.29, 1.82) is 0 Å². The summed E-state index contributed by atoms with van der Waals surface area (Å²) in [7, 11) is 0. The van der Waals surface area contributed by atoms with Gasteiger partial charge in [-0.1, -0.05) is 0 Å². The van der Waals surface area contributed by atoms with Crippen LogP contribution in [0.25, 0.3) is 0 Å². The second-order valence-corrected chi connectivity index (χ2v) is 1.34. The summed E-state index contributed by atoms with van der Waals surface area (Å²) in [6.45, 7) is 0. The first kappa shape index (κ1) is 11.8. The predicted molar refractivity (Wildman–Crippen MR) is 25.6 cm³/mol. The molecule has 0 aliphatic carbocycles. The Kier molecular flexibility index (Phi) is 5.12. The van der Waals surface area contributed by atoms with Gasteiger partial charge >= 0.3 is 5.97 Å². The van der Waals surface area contributed by atoms with Crippen molar-refractivity contribution >= 4 is 5.97 Å². The van der Waals surface area contributed by atoms with E-state index >= 15 is 0 Å². The van der Waals surface area contributed by atoms with Crippen molar-refractivity contribution in [2.24, 2.45) is 23.1 Å². The molecule has 8 N–H and O–H groups in total. The van der Waals surface area contributed by atoms with Gasteiger partial charge < -0.3 is 4.84 Å². The third kappa shape index (κ3) is 4.50. The Morgan fingerprint density at radius 2 is 1.67 bits per heavy atom. The van der Waals surface area contributed by atoms with Gasteiger partial charge in [0.2, 0.25) is 5.79 Å². The summed E-state index contributed by atoms with van der Waals surface area (Å²) in [6.07, 6.45) is 0. The van der Waals surface area contributed by atoms with Gasteiger partial charge in [-0.25, -0.2) is 4.79 Å². The molecule has 0 radical (unpaired) electrons. The largest absolute Gasteiger partial charge is 0.374 e. The van der Waals surface area contributed by atoms with Gasteiger partial charge in [0.15, 0.2) is 0 Å². The Balaban J connectivity index is 0. The SMILES string of the molecule is NOC(=O)C(N)(N)N.[Pt]. The van der Waals surface area contributed by atoms with Crippen LogP contribution in [0.15, 0.2) is 0 Å². The van der Waals surface area contributed by atoms with E-state index in [0.29, 0.717) is 0 Å². The number of carbonyl (C=O) groups excluding carboxylic acids is 1. The molecule has 0 heterocycles. The van der Waals surface area contributed by atoms with E-state index in [1.807, 2.05) is 0 Å². The molecule has 0 spiro atoms. The van der Waals surface area contributed by atoms with Gasteiger partial charge in [-0.2, -0.15) is 5.90 Å². The van der Waals surface area contributed by atoms with Crippen LogP contribution in [0, 0.1) is 0 Å². The van der Waals surface area contributed by atoms with Crippen LogP contribution in [0.5, 0.6) is 0 Å². The number of hydrogen-bond acceptors (Lipinski definition) is 6. The fraction of sp³-hybridized carbons (Fsp3) is 0.500. The molecule has 0 aromatic rings. The molecule has 0 aliphatic heterocycles. The molecule has 0 atom stereocenters. The molecule has 6 nitrogen and oxygen atoms in total. The summed E-state index contributed by atoms with van der Waals surface area (Å²) >= 11 is 0. The van der Waals surface area contributed by atoms with Gasteiger partial charge in [0.25, 0.3) is 0 Å². The molecule has 0 bridgehead atoms. The molecular formula is C2H8N4O2Pt. The van der Waals surface area contributed by atoms with Crippen molar-refractivity contribution < 1.29 is 30.7 Å². The molecule has 0 saturated carbocycles. The van der Waals surface area contributed by atoms with Crippen molar-refractivity contribution in [3.8, 4) is 0 Å². The number of hydrogen-bond donors (Lipinski definition) is 4. The molecule has 0 saturated heterocycles. The van der Waals surface area contributed by atoms with Crippen LogP contribution in [-0.2, 0) is 30.7 Å². The summed E-state index contributed by atoms with van der Waals surface area (Å²) in [5.41, 5.74) is 14.4. The van der Waals surface area contributed by atoms with Crippen molar-refractivity contribution in [2.75, 3.05) is 0 Å². The van der Waals surface area contributed by atoms with Crippen LogP contribution in [0.1, 0.15) is 0 Å². The summed E-state index contributed by atoms with van der Waals surface area (Å²) in [5.74, 6) is 1.33. The van der Waals surface area contributed by atoms with Gasteiger partial charge in [-0.05, 0) is 0 Å². The summed E-state index contributed by atoms with van der Waals surface area (Å²) < 4.78 is 0. The van der Waals surface area contributed by atoms with Crippen LogP contribution >= 0.6 is 0 Å². The zero-order valence-electron chi connectivity index (χ0n) is 4.44. The van der Waals surface area contributed by atoms with E-state index in [9.17, 15) is 4.79 Å². The molecular weight excluding hydrogens is 307 g/mol. The molecule has 7 heteroatoms. The van der Waals surface area contributed by atoms with Crippen LogP contribution in [0.3, 0.4) is 0 Å². The molecule has 0 aliphatic rings. The first-order valence-corrected chi connectivity index (χ1v) is 1.76. The minimum absolute atomic E-state index is 0. The number of nitrogens with two attached hydrogens (primary N) is 4. The number of carbonyl (C=O) groups is 1. The van der Waals surface area contributed by atoms with Gasteiger partial charge in [0.05, 0.1) is 0 Å². The molecule has 0 amide bonds. The summed E-state index contributed by atoms with van der Waals surface area (Å²) in [4.78, 5) is 13.7. The molecule has 0 aromatic carbocycles. The normalized spacial score (nSPS) is 9.78. The van der Waals surface area contributed by atoms with Crippen LogP contribution < -0.4 is 23.1 Å². The Hall–Kier alpha value is -0.00169. The Labute approximate surface area is 66.1 Å². The fourth-order valence-electron chi connectivity index (χ4n) is 0.102. The van der Waals surface area contributed by atoms with Crippen molar-refractivity contribution in [2.45, 2.75) is 5.79 Å². The molecule has 0 fully saturated rings. The summed E-state index contributed by atoms with van der Waals surface area (Å²) in [6, 6.07) is 0. The van der Waals surface area contributed by atoms with E-state index < -0.39 is 11.8 Å². The first-order chi connectivity index (χ1) is 3.48. The van der Waals surface area contributed by atoms with E-state index in [2.05, 4.69) is 10.7 Å². The smallest absolute Gasteiger partial charge is 0.370 e. The minimum Gasteiger partial charge on any atom is -0.370 e. The van der Waals surface area contributed by atoms with Crippen molar-refractivity contribution in [3.05, 3.63) is 0 Å². The maximum Gasteiger partial charge on any atom is 0.374 e. The standard InChI is InChI=1S/C2H8N4O2.Pt/c3-2(4,5)1(7)8-6;/h3-6H2;. The topological polar surface area (TPSA) is 130 Å². The first-order valence-electron chi connectivity index (χ1n) is 1.76. The van der Waals surface area contributed by atoms with Gasteiger partial charge in [-0.15, -0.1) is 0 Å². The van der Waals surface area contributed by atoms with E-state index in [1.165, 1.54) is 0 Å². The quantitative estimate of drug-likeness (QED) is 0.300. The Bertz CT molecular complexity index is 99.2. The monoisotopic (exact) mass is 315 g/mol. The maximum atomic E-state index is 10.1. The van der Waals surface area contributed by atoms with Gasteiger partial charge in [0.1, 0.15) is 0 Å². The zero-order chi connectivity index (χ0) is 6.78. The van der Waals surface area contributed by atoms with Crippen LogP contribution in [-0.4, -0.2) is 11.8 Å². The van der Waals surface area contributed by atoms with E-state index in [-0.39, 0.29) is 21.1 Å². The minimum atomic E-state index is -1.98. The second-order valence-electron chi connectivity index (χ2n) is 1.34. The average molecular weight is 315 g/mol. The van der Waals surface area contributed by atoms with Crippen molar-refractivity contribution in [1.82, 2.24) is 0 Å².